The second-order valence-electron chi connectivity index (χ2n) is 5.50. The lowest BCUT2D eigenvalue weighted by molar-refractivity contribution is 0.152. The monoisotopic (exact) mass is 212 g/mol. The molecule has 0 aliphatic carbocycles. The molecule has 1 N–H and O–H groups in total. The highest BCUT2D eigenvalue weighted by atomic mass is 15.2. The third-order valence-corrected chi connectivity index (χ3v) is 3.23. The molecule has 0 aromatic carbocycles. The summed E-state index contributed by atoms with van der Waals surface area (Å²) in [6.07, 6.45) is 6.98. The van der Waals surface area contributed by atoms with E-state index in [0.29, 0.717) is 5.54 Å². The fraction of sp³-hybridized carbons (Fsp3) is 1.00. The van der Waals surface area contributed by atoms with Gasteiger partial charge in [0.05, 0.1) is 0 Å². The van der Waals surface area contributed by atoms with Gasteiger partial charge < -0.3 is 10.2 Å². The molecule has 0 aromatic heterocycles. The summed E-state index contributed by atoms with van der Waals surface area (Å²) in [5.74, 6) is 0. The van der Waals surface area contributed by atoms with Crippen LogP contribution in [-0.4, -0.2) is 36.6 Å². The lowest BCUT2D eigenvalue weighted by Crippen LogP contribution is -2.57. The van der Waals surface area contributed by atoms with Crippen molar-refractivity contribution in [1.82, 2.24) is 10.2 Å². The average Bonchev–Trinajstić information content (AvgIpc) is 2.16. The summed E-state index contributed by atoms with van der Waals surface area (Å²) >= 11 is 0. The van der Waals surface area contributed by atoms with Crippen LogP contribution in [0.3, 0.4) is 0 Å². The van der Waals surface area contributed by atoms with Gasteiger partial charge in [-0.1, -0.05) is 32.6 Å². The molecule has 0 unspecified atom stereocenters. The van der Waals surface area contributed by atoms with E-state index in [-0.39, 0.29) is 0 Å². The van der Waals surface area contributed by atoms with Gasteiger partial charge in [-0.2, -0.15) is 0 Å². The molecule has 1 aliphatic heterocycles. The van der Waals surface area contributed by atoms with Crippen molar-refractivity contribution in [1.29, 1.82) is 0 Å². The van der Waals surface area contributed by atoms with Crippen LogP contribution in [0.4, 0.5) is 0 Å². The number of hydrogen-bond donors (Lipinski definition) is 1. The molecule has 1 aliphatic rings. The Morgan fingerprint density at radius 2 is 1.87 bits per heavy atom. The molecule has 0 atom stereocenters. The smallest absolute Gasteiger partial charge is 0.0252 e. The van der Waals surface area contributed by atoms with Crippen molar-refractivity contribution >= 4 is 0 Å². The van der Waals surface area contributed by atoms with Crippen LogP contribution in [0.15, 0.2) is 0 Å². The number of rotatable bonds is 6. The molecular formula is C13H28N2. The normalized spacial score (nSPS) is 21.8. The van der Waals surface area contributed by atoms with Crippen LogP contribution in [0, 0.1) is 0 Å². The molecule has 1 rings (SSSR count). The fourth-order valence-electron chi connectivity index (χ4n) is 2.38. The third kappa shape index (κ3) is 5.53. The minimum Gasteiger partial charge on any atom is -0.309 e. The summed E-state index contributed by atoms with van der Waals surface area (Å²) in [7, 11) is 0. The van der Waals surface area contributed by atoms with Crippen LogP contribution in [0.5, 0.6) is 0 Å². The zero-order chi connectivity index (χ0) is 11.1. The van der Waals surface area contributed by atoms with E-state index in [4.69, 9.17) is 0 Å². The van der Waals surface area contributed by atoms with Crippen molar-refractivity contribution in [3.63, 3.8) is 0 Å². The van der Waals surface area contributed by atoms with Gasteiger partial charge in [-0.05, 0) is 26.8 Å². The van der Waals surface area contributed by atoms with Crippen molar-refractivity contribution in [2.75, 3.05) is 26.2 Å². The van der Waals surface area contributed by atoms with E-state index in [1.807, 2.05) is 0 Å². The van der Waals surface area contributed by atoms with Crippen molar-refractivity contribution in [3.05, 3.63) is 0 Å². The molecule has 1 fully saturated rings. The molecule has 90 valence electrons. The summed E-state index contributed by atoms with van der Waals surface area (Å²) in [6.45, 7) is 11.8. The second kappa shape index (κ2) is 6.49. The Balaban J connectivity index is 2.05. The quantitative estimate of drug-likeness (QED) is 0.681. The maximum atomic E-state index is 3.56. The van der Waals surface area contributed by atoms with E-state index in [1.54, 1.807) is 0 Å². The summed E-state index contributed by atoms with van der Waals surface area (Å²) in [4.78, 5) is 2.61. The molecule has 0 amide bonds. The van der Waals surface area contributed by atoms with Crippen molar-refractivity contribution in [3.8, 4) is 0 Å². The number of piperazine rings is 1. The first kappa shape index (κ1) is 13.0. The average molecular weight is 212 g/mol. The Hall–Kier alpha value is -0.0800. The molecule has 0 radical (unpaired) electrons. The number of unbranched alkanes of at least 4 members (excludes halogenated alkanes) is 4. The highest BCUT2D eigenvalue weighted by Crippen LogP contribution is 2.11. The lowest BCUT2D eigenvalue weighted by atomic mass is 10.0. The van der Waals surface area contributed by atoms with Crippen molar-refractivity contribution in [2.24, 2.45) is 0 Å². The first-order valence-corrected chi connectivity index (χ1v) is 6.61. The van der Waals surface area contributed by atoms with Gasteiger partial charge in [-0.3, -0.25) is 0 Å². The van der Waals surface area contributed by atoms with Crippen molar-refractivity contribution in [2.45, 2.75) is 58.4 Å². The Kier molecular flexibility index (Phi) is 5.62. The van der Waals surface area contributed by atoms with Gasteiger partial charge in [-0.15, -0.1) is 0 Å². The van der Waals surface area contributed by atoms with Crippen LogP contribution < -0.4 is 5.32 Å². The summed E-state index contributed by atoms with van der Waals surface area (Å²) < 4.78 is 0. The zero-order valence-corrected chi connectivity index (χ0v) is 10.8. The molecular weight excluding hydrogens is 184 g/mol. The lowest BCUT2D eigenvalue weighted by Gasteiger charge is -2.39. The topological polar surface area (TPSA) is 15.3 Å². The van der Waals surface area contributed by atoms with E-state index < -0.39 is 0 Å². The molecule has 0 spiro atoms. The zero-order valence-electron chi connectivity index (χ0n) is 10.8. The Morgan fingerprint density at radius 1 is 1.13 bits per heavy atom. The predicted molar refractivity (Wildman–Crippen MR) is 67.3 cm³/mol. The van der Waals surface area contributed by atoms with Crippen molar-refractivity contribution < 1.29 is 0 Å². The molecule has 0 saturated carbocycles. The predicted octanol–water partition coefficient (Wildman–Crippen LogP) is 2.64. The first-order chi connectivity index (χ1) is 7.14. The second-order valence-corrected chi connectivity index (χ2v) is 5.50. The van der Waals surface area contributed by atoms with E-state index >= 15 is 0 Å². The summed E-state index contributed by atoms with van der Waals surface area (Å²) in [5, 5.41) is 3.56. The number of hydrogen-bond acceptors (Lipinski definition) is 2. The van der Waals surface area contributed by atoms with Crippen LogP contribution in [0.25, 0.3) is 0 Å². The van der Waals surface area contributed by atoms with E-state index in [9.17, 15) is 0 Å². The molecule has 1 saturated heterocycles. The van der Waals surface area contributed by atoms with Crippen LogP contribution in [0.2, 0.25) is 0 Å². The van der Waals surface area contributed by atoms with E-state index in [0.717, 1.165) is 6.54 Å². The minimum absolute atomic E-state index is 0.321. The molecule has 1 heterocycles. The molecule has 2 nitrogen and oxygen atoms in total. The van der Waals surface area contributed by atoms with E-state index in [2.05, 4.69) is 31.0 Å². The standard InChI is InChI=1S/C13H28N2/c1-4-5-6-7-8-10-15-11-9-14-13(2,3)12-15/h14H,4-12H2,1-3H3. The first-order valence-electron chi connectivity index (χ1n) is 6.61. The maximum Gasteiger partial charge on any atom is 0.0252 e. The van der Waals surface area contributed by atoms with Gasteiger partial charge in [0.15, 0.2) is 0 Å². The Bertz CT molecular complexity index is 166. The van der Waals surface area contributed by atoms with Crippen LogP contribution in [-0.2, 0) is 0 Å². The number of nitrogens with zero attached hydrogens (tertiary/aromatic N) is 1. The summed E-state index contributed by atoms with van der Waals surface area (Å²) in [5.41, 5.74) is 0.321. The van der Waals surface area contributed by atoms with Gasteiger partial charge in [0.25, 0.3) is 0 Å². The largest absolute Gasteiger partial charge is 0.309 e. The minimum atomic E-state index is 0.321. The molecule has 2 heteroatoms. The van der Waals surface area contributed by atoms with Gasteiger partial charge in [0, 0.05) is 25.2 Å². The fourth-order valence-corrected chi connectivity index (χ4v) is 2.38. The molecule has 0 bridgehead atoms. The van der Waals surface area contributed by atoms with E-state index in [1.165, 1.54) is 51.7 Å². The number of nitrogens with one attached hydrogen (secondary N) is 1. The van der Waals surface area contributed by atoms with Gasteiger partial charge in [-0.25, -0.2) is 0 Å². The Morgan fingerprint density at radius 3 is 2.53 bits per heavy atom. The van der Waals surface area contributed by atoms with Gasteiger partial charge >= 0.3 is 0 Å². The third-order valence-electron chi connectivity index (χ3n) is 3.23. The van der Waals surface area contributed by atoms with Crippen LogP contribution in [0.1, 0.15) is 52.9 Å². The molecule has 0 aromatic rings. The Labute approximate surface area is 95.4 Å². The summed E-state index contributed by atoms with van der Waals surface area (Å²) in [6, 6.07) is 0. The maximum absolute atomic E-state index is 3.56. The SMILES string of the molecule is CCCCCCCN1CCNC(C)(C)C1. The molecule has 15 heavy (non-hydrogen) atoms. The van der Waals surface area contributed by atoms with Gasteiger partial charge in [0.1, 0.15) is 0 Å². The van der Waals surface area contributed by atoms with Crippen LogP contribution >= 0.6 is 0 Å². The highest BCUT2D eigenvalue weighted by Gasteiger charge is 2.24. The highest BCUT2D eigenvalue weighted by molar-refractivity contribution is 4.86. The van der Waals surface area contributed by atoms with Gasteiger partial charge in [0.2, 0.25) is 0 Å².